The fourth-order valence-electron chi connectivity index (χ4n) is 4.40. The Balaban J connectivity index is 1.49. The highest BCUT2D eigenvalue weighted by Crippen LogP contribution is 2.40. The van der Waals surface area contributed by atoms with Gasteiger partial charge in [0.2, 0.25) is 5.91 Å². The third-order valence-corrected chi connectivity index (χ3v) is 6.44. The number of amides is 1. The van der Waals surface area contributed by atoms with Crippen molar-refractivity contribution < 1.29 is 18.7 Å². The number of benzene rings is 2. The first-order valence-corrected chi connectivity index (χ1v) is 12.1. The Bertz CT molecular complexity index is 1420. The summed E-state index contributed by atoms with van der Waals surface area (Å²) in [6.07, 6.45) is 1.71. The second kappa shape index (κ2) is 10.6. The Kier molecular flexibility index (Phi) is 6.96. The van der Waals surface area contributed by atoms with Gasteiger partial charge in [-0.25, -0.2) is 4.79 Å². The number of rotatable bonds is 7. The normalized spacial score (nSPS) is 16.8. The number of para-hydroxylation sites is 1. The summed E-state index contributed by atoms with van der Waals surface area (Å²) in [4.78, 5) is 31.6. The molecule has 1 saturated heterocycles. The molecule has 1 aliphatic rings. The molecule has 3 heterocycles. The van der Waals surface area contributed by atoms with Gasteiger partial charge >= 0.3 is 5.97 Å². The van der Waals surface area contributed by atoms with Crippen LogP contribution in [0.1, 0.15) is 33.9 Å². The molecule has 5 rings (SSSR count). The van der Waals surface area contributed by atoms with Gasteiger partial charge in [-0.05, 0) is 54.7 Å². The van der Waals surface area contributed by atoms with Crippen LogP contribution < -0.4 is 10.6 Å². The van der Waals surface area contributed by atoms with E-state index < -0.39 is 12.0 Å². The predicted molar refractivity (Wildman–Crippen MR) is 143 cm³/mol. The van der Waals surface area contributed by atoms with Crippen LogP contribution in [0.3, 0.4) is 0 Å². The predicted octanol–water partition coefficient (Wildman–Crippen LogP) is 4.74. The summed E-state index contributed by atoms with van der Waals surface area (Å²) >= 11 is 5.65. The summed E-state index contributed by atoms with van der Waals surface area (Å²) in [6, 6.07) is 24.8. The second-order valence-corrected chi connectivity index (χ2v) is 8.79. The highest BCUT2D eigenvalue weighted by molar-refractivity contribution is 7.80. The maximum absolute atomic E-state index is 13.0. The number of thiocarbonyl (C=S) groups is 1. The number of nitrogens with zero attached hydrogens (tertiary/aromatic N) is 2. The Hall–Kier alpha value is -4.50. The van der Waals surface area contributed by atoms with Gasteiger partial charge in [-0.3, -0.25) is 9.78 Å². The molecule has 0 aliphatic carbocycles. The zero-order valence-corrected chi connectivity index (χ0v) is 20.8. The molecule has 0 bridgehead atoms. The quantitative estimate of drug-likeness (QED) is 0.271. The summed E-state index contributed by atoms with van der Waals surface area (Å²) in [5.41, 5.74) is 2.46. The molecule has 0 unspecified atom stereocenters. The van der Waals surface area contributed by atoms with Crippen LogP contribution in [-0.4, -0.2) is 40.5 Å². The van der Waals surface area contributed by atoms with Gasteiger partial charge in [-0.2, -0.15) is 0 Å². The summed E-state index contributed by atoms with van der Waals surface area (Å²) in [5, 5.41) is 6.63. The first kappa shape index (κ1) is 24.2. The van der Waals surface area contributed by atoms with Gasteiger partial charge in [0.05, 0.1) is 24.4 Å². The van der Waals surface area contributed by atoms with Crippen LogP contribution in [0, 0.1) is 0 Å². The number of ether oxygens (including phenoxy) is 1. The number of nitrogens with one attached hydrogen (secondary N) is 2. The first-order valence-electron chi connectivity index (χ1n) is 11.7. The zero-order valence-electron chi connectivity index (χ0n) is 20.0. The van der Waals surface area contributed by atoms with E-state index in [9.17, 15) is 9.59 Å². The molecule has 0 spiro atoms. The van der Waals surface area contributed by atoms with Crippen LogP contribution in [0.4, 0.5) is 5.69 Å². The van der Waals surface area contributed by atoms with Crippen molar-refractivity contribution in [1.82, 2.24) is 15.2 Å². The van der Waals surface area contributed by atoms with E-state index in [1.54, 1.807) is 35.4 Å². The SMILES string of the molecule is COC(=O)c1ccccc1-c1ccc([C@H]2[C@H](c3ccccn3)NC(=S)N2CC(=O)Nc2ccccc2)o1. The standard InChI is InChI=1S/C28H24N4O4S/c1-35-27(34)20-12-6-5-11-19(20)22-14-15-23(36-22)26-25(21-13-7-8-16-29-21)31-28(37)32(26)17-24(33)30-18-9-3-2-4-10-18/h2-16,25-26H,17H2,1H3,(H,30,33)(H,31,37)/t25-,26-/m0/s1. The number of methoxy groups -OCH3 is 1. The van der Waals surface area contributed by atoms with E-state index in [1.807, 2.05) is 60.7 Å². The molecule has 186 valence electrons. The van der Waals surface area contributed by atoms with Gasteiger partial charge < -0.3 is 24.7 Å². The molecule has 37 heavy (non-hydrogen) atoms. The van der Waals surface area contributed by atoms with Crippen molar-refractivity contribution in [1.29, 1.82) is 0 Å². The molecule has 2 aromatic heterocycles. The van der Waals surface area contributed by atoms with Crippen molar-refractivity contribution in [2.75, 3.05) is 19.0 Å². The van der Waals surface area contributed by atoms with Crippen LogP contribution in [-0.2, 0) is 9.53 Å². The maximum atomic E-state index is 13.0. The third kappa shape index (κ3) is 5.07. The van der Waals surface area contributed by atoms with E-state index in [1.165, 1.54) is 7.11 Å². The highest BCUT2D eigenvalue weighted by Gasteiger charge is 2.42. The molecule has 4 aromatic rings. The monoisotopic (exact) mass is 512 g/mol. The number of aromatic nitrogens is 1. The van der Waals surface area contributed by atoms with Crippen LogP contribution in [0.2, 0.25) is 0 Å². The van der Waals surface area contributed by atoms with E-state index in [-0.39, 0.29) is 18.5 Å². The van der Waals surface area contributed by atoms with Crippen LogP contribution >= 0.6 is 12.2 Å². The number of anilines is 1. The fraction of sp³-hybridized carbons (Fsp3) is 0.143. The van der Waals surface area contributed by atoms with Crippen molar-refractivity contribution in [3.63, 3.8) is 0 Å². The molecule has 0 saturated carbocycles. The molecule has 2 atom stereocenters. The van der Waals surface area contributed by atoms with Crippen molar-refractivity contribution >= 4 is 34.9 Å². The third-order valence-electron chi connectivity index (χ3n) is 6.09. The van der Waals surface area contributed by atoms with E-state index in [4.69, 9.17) is 21.4 Å². The molecule has 1 amide bonds. The number of esters is 1. The lowest BCUT2D eigenvalue weighted by atomic mass is 10.0. The minimum Gasteiger partial charge on any atom is -0.465 e. The second-order valence-electron chi connectivity index (χ2n) is 8.41. The smallest absolute Gasteiger partial charge is 0.338 e. The lowest BCUT2D eigenvalue weighted by molar-refractivity contribution is -0.116. The zero-order chi connectivity index (χ0) is 25.8. The Morgan fingerprint density at radius 2 is 1.78 bits per heavy atom. The van der Waals surface area contributed by atoms with Gasteiger partial charge in [0, 0.05) is 17.4 Å². The van der Waals surface area contributed by atoms with E-state index in [0.717, 1.165) is 5.69 Å². The average Bonchev–Trinajstić information content (AvgIpc) is 3.54. The summed E-state index contributed by atoms with van der Waals surface area (Å²) in [6.45, 7) is 0.00348. The number of pyridine rings is 1. The number of carbonyl (C=O) groups is 2. The number of hydrogen-bond acceptors (Lipinski definition) is 6. The van der Waals surface area contributed by atoms with E-state index in [0.29, 0.717) is 33.4 Å². The van der Waals surface area contributed by atoms with Gasteiger partial charge in [0.1, 0.15) is 24.1 Å². The Labute approximate surface area is 219 Å². The van der Waals surface area contributed by atoms with Crippen LogP contribution in [0.5, 0.6) is 0 Å². The van der Waals surface area contributed by atoms with Crippen LogP contribution in [0.25, 0.3) is 11.3 Å². The molecule has 8 nitrogen and oxygen atoms in total. The van der Waals surface area contributed by atoms with Gasteiger partial charge in [0.25, 0.3) is 0 Å². The van der Waals surface area contributed by atoms with Crippen LogP contribution in [0.15, 0.2) is 95.5 Å². The molecule has 1 aliphatic heterocycles. The topological polar surface area (TPSA) is 96.7 Å². The van der Waals surface area contributed by atoms with E-state index in [2.05, 4.69) is 15.6 Å². The molecular formula is C28H24N4O4S. The molecule has 2 aromatic carbocycles. The Morgan fingerprint density at radius 3 is 2.54 bits per heavy atom. The van der Waals surface area contributed by atoms with Gasteiger partial charge in [-0.1, -0.05) is 42.5 Å². The maximum Gasteiger partial charge on any atom is 0.338 e. The molecule has 1 fully saturated rings. The van der Waals surface area contributed by atoms with E-state index >= 15 is 0 Å². The minimum atomic E-state index is -0.456. The number of hydrogen-bond donors (Lipinski definition) is 2. The minimum absolute atomic E-state index is 0.00348. The largest absolute Gasteiger partial charge is 0.465 e. The molecular weight excluding hydrogens is 488 g/mol. The summed E-state index contributed by atoms with van der Waals surface area (Å²) in [5.74, 6) is 0.403. The molecule has 2 N–H and O–H groups in total. The molecule has 0 radical (unpaired) electrons. The van der Waals surface area contributed by atoms with Crippen molar-refractivity contribution in [3.8, 4) is 11.3 Å². The van der Waals surface area contributed by atoms with Crippen molar-refractivity contribution in [2.45, 2.75) is 12.1 Å². The highest BCUT2D eigenvalue weighted by atomic mass is 32.1. The summed E-state index contributed by atoms with van der Waals surface area (Å²) < 4.78 is 11.2. The fourth-order valence-corrected chi connectivity index (χ4v) is 4.71. The number of carbonyl (C=O) groups excluding carboxylic acids is 2. The van der Waals surface area contributed by atoms with Crippen molar-refractivity contribution in [2.24, 2.45) is 0 Å². The summed E-state index contributed by atoms with van der Waals surface area (Å²) in [7, 11) is 1.34. The van der Waals surface area contributed by atoms with Gasteiger partial charge in [-0.15, -0.1) is 0 Å². The average molecular weight is 513 g/mol. The first-order chi connectivity index (χ1) is 18.0. The number of furan rings is 1. The Morgan fingerprint density at radius 1 is 1.03 bits per heavy atom. The lowest BCUT2D eigenvalue weighted by Gasteiger charge is -2.25. The molecule has 9 heteroatoms. The lowest BCUT2D eigenvalue weighted by Crippen LogP contribution is -2.36. The van der Waals surface area contributed by atoms with Gasteiger partial charge in [0.15, 0.2) is 5.11 Å². The van der Waals surface area contributed by atoms with Crippen molar-refractivity contribution in [3.05, 3.63) is 108 Å².